The quantitative estimate of drug-likeness (QED) is 0.872. The Bertz CT molecular complexity index is 549. The lowest BCUT2D eigenvalue weighted by atomic mass is 10.1. The summed E-state index contributed by atoms with van der Waals surface area (Å²) >= 11 is 0. The van der Waals surface area contributed by atoms with Crippen LogP contribution in [0, 0.1) is 18.6 Å². The first-order chi connectivity index (χ1) is 9.06. The van der Waals surface area contributed by atoms with E-state index >= 15 is 0 Å². The van der Waals surface area contributed by atoms with Gasteiger partial charge in [0.05, 0.1) is 0 Å². The molecule has 0 aromatic heterocycles. The van der Waals surface area contributed by atoms with Crippen LogP contribution in [0.5, 0.6) is 0 Å². The van der Waals surface area contributed by atoms with Crippen LogP contribution in [0.15, 0.2) is 42.5 Å². The second-order valence-electron chi connectivity index (χ2n) is 4.74. The molecule has 1 unspecified atom stereocenters. The topological polar surface area (TPSA) is 12.0 Å². The third-order valence-corrected chi connectivity index (χ3v) is 3.20. The van der Waals surface area contributed by atoms with Crippen molar-refractivity contribution in [2.75, 3.05) is 0 Å². The first kappa shape index (κ1) is 13.7. The Hall–Kier alpha value is -1.74. The fourth-order valence-electron chi connectivity index (χ4n) is 1.96. The second-order valence-corrected chi connectivity index (χ2v) is 4.74. The van der Waals surface area contributed by atoms with E-state index in [0.29, 0.717) is 12.1 Å². The monoisotopic (exact) mass is 261 g/mol. The molecule has 0 aliphatic heterocycles. The third kappa shape index (κ3) is 3.61. The lowest BCUT2D eigenvalue weighted by Crippen LogP contribution is -2.18. The predicted octanol–water partition coefficient (Wildman–Crippen LogP) is 4.12. The van der Waals surface area contributed by atoms with Crippen molar-refractivity contribution >= 4 is 0 Å². The summed E-state index contributed by atoms with van der Waals surface area (Å²) in [6.07, 6.45) is 0. The molecule has 2 aromatic carbocycles. The molecule has 0 saturated heterocycles. The van der Waals surface area contributed by atoms with E-state index in [0.717, 1.165) is 11.1 Å². The Balaban J connectivity index is 1.98. The van der Waals surface area contributed by atoms with Crippen molar-refractivity contribution in [2.24, 2.45) is 0 Å². The van der Waals surface area contributed by atoms with Crippen molar-refractivity contribution in [3.8, 4) is 0 Å². The van der Waals surface area contributed by atoms with Crippen LogP contribution in [0.4, 0.5) is 8.78 Å². The molecule has 0 aliphatic rings. The zero-order valence-electron chi connectivity index (χ0n) is 11.1. The Morgan fingerprint density at radius 1 is 1.05 bits per heavy atom. The summed E-state index contributed by atoms with van der Waals surface area (Å²) in [5, 5.41) is 3.34. The van der Waals surface area contributed by atoms with E-state index in [-0.39, 0.29) is 17.7 Å². The van der Waals surface area contributed by atoms with E-state index in [9.17, 15) is 8.78 Å². The summed E-state index contributed by atoms with van der Waals surface area (Å²) < 4.78 is 26.0. The van der Waals surface area contributed by atoms with Crippen LogP contribution in [-0.4, -0.2) is 0 Å². The summed E-state index contributed by atoms with van der Waals surface area (Å²) in [4.78, 5) is 0. The van der Waals surface area contributed by atoms with Gasteiger partial charge in [0, 0.05) is 12.6 Å². The van der Waals surface area contributed by atoms with Gasteiger partial charge in [0.1, 0.15) is 11.6 Å². The molecule has 0 spiro atoms. The highest BCUT2D eigenvalue weighted by Gasteiger charge is 2.05. The standard InChI is InChI=1S/C16H17F2N/c1-11-9-13(3-8-16(11)18)10-19-12(2)14-4-6-15(17)7-5-14/h3-9,12,19H,10H2,1-2H3. The van der Waals surface area contributed by atoms with Gasteiger partial charge in [-0.15, -0.1) is 0 Å². The van der Waals surface area contributed by atoms with E-state index in [1.165, 1.54) is 18.2 Å². The summed E-state index contributed by atoms with van der Waals surface area (Å²) in [6.45, 7) is 4.42. The minimum atomic E-state index is -0.231. The second kappa shape index (κ2) is 5.93. The van der Waals surface area contributed by atoms with Crippen molar-refractivity contribution in [3.05, 3.63) is 70.8 Å². The zero-order valence-corrected chi connectivity index (χ0v) is 11.1. The third-order valence-electron chi connectivity index (χ3n) is 3.20. The minimum absolute atomic E-state index is 0.117. The van der Waals surface area contributed by atoms with Crippen molar-refractivity contribution in [1.29, 1.82) is 0 Å². The number of hydrogen-bond donors (Lipinski definition) is 1. The van der Waals surface area contributed by atoms with Crippen molar-refractivity contribution in [2.45, 2.75) is 26.4 Å². The van der Waals surface area contributed by atoms with Gasteiger partial charge in [0.25, 0.3) is 0 Å². The van der Waals surface area contributed by atoms with Gasteiger partial charge in [0.2, 0.25) is 0 Å². The molecule has 1 atom stereocenters. The summed E-state index contributed by atoms with van der Waals surface area (Å²) in [6, 6.07) is 11.6. The molecule has 2 rings (SSSR count). The van der Waals surface area contributed by atoms with Crippen molar-refractivity contribution in [3.63, 3.8) is 0 Å². The fraction of sp³-hybridized carbons (Fsp3) is 0.250. The van der Waals surface area contributed by atoms with Gasteiger partial charge in [0.15, 0.2) is 0 Å². The van der Waals surface area contributed by atoms with E-state index in [1.54, 1.807) is 25.1 Å². The zero-order chi connectivity index (χ0) is 13.8. The molecule has 19 heavy (non-hydrogen) atoms. The van der Waals surface area contributed by atoms with E-state index in [4.69, 9.17) is 0 Å². The van der Waals surface area contributed by atoms with Crippen molar-refractivity contribution < 1.29 is 8.78 Å². The van der Waals surface area contributed by atoms with Gasteiger partial charge in [-0.1, -0.05) is 24.3 Å². The smallest absolute Gasteiger partial charge is 0.126 e. The number of aryl methyl sites for hydroxylation is 1. The van der Waals surface area contributed by atoms with Gasteiger partial charge < -0.3 is 5.32 Å². The molecular weight excluding hydrogens is 244 g/mol. The maximum Gasteiger partial charge on any atom is 0.126 e. The molecule has 3 heteroatoms. The molecule has 0 amide bonds. The Labute approximate surface area is 112 Å². The summed E-state index contributed by atoms with van der Waals surface area (Å²) in [5.74, 6) is -0.416. The van der Waals surface area contributed by atoms with Crippen LogP contribution in [0.3, 0.4) is 0 Å². The van der Waals surface area contributed by atoms with Crippen LogP contribution in [-0.2, 0) is 6.54 Å². The molecule has 0 saturated carbocycles. The Morgan fingerprint density at radius 2 is 1.74 bits per heavy atom. The molecule has 0 radical (unpaired) electrons. The van der Waals surface area contributed by atoms with E-state index < -0.39 is 0 Å². The highest BCUT2D eigenvalue weighted by atomic mass is 19.1. The van der Waals surface area contributed by atoms with Gasteiger partial charge in [-0.25, -0.2) is 8.78 Å². The van der Waals surface area contributed by atoms with Crippen LogP contribution in [0.1, 0.15) is 29.7 Å². The molecule has 0 aliphatic carbocycles. The molecule has 1 N–H and O–H groups in total. The molecule has 0 bridgehead atoms. The van der Waals surface area contributed by atoms with Crippen LogP contribution < -0.4 is 5.32 Å². The molecule has 0 heterocycles. The van der Waals surface area contributed by atoms with Crippen molar-refractivity contribution in [1.82, 2.24) is 5.32 Å². The highest BCUT2D eigenvalue weighted by Crippen LogP contribution is 2.15. The number of hydrogen-bond acceptors (Lipinski definition) is 1. The van der Waals surface area contributed by atoms with Gasteiger partial charge in [-0.2, -0.15) is 0 Å². The average Bonchev–Trinajstić information content (AvgIpc) is 2.40. The lowest BCUT2D eigenvalue weighted by Gasteiger charge is -2.14. The predicted molar refractivity (Wildman–Crippen MR) is 72.8 cm³/mol. The summed E-state index contributed by atoms with van der Waals surface area (Å²) in [5.41, 5.74) is 2.71. The van der Waals surface area contributed by atoms with E-state index in [1.807, 2.05) is 13.0 Å². The number of rotatable bonds is 4. The minimum Gasteiger partial charge on any atom is -0.306 e. The van der Waals surface area contributed by atoms with Gasteiger partial charge >= 0.3 is 0 Å². The lowest BCUT2D eigenvalue weighted by molar-refractivity contribution is 0.568. The number of benzene rings is 2. The number of halogens is 2. The normalized spacial score (nSPS) is 12.4. The molecule has 100 valence electrons. The Morgan fingerprint density at radius 3 is 2.37 bits per heavy atom. The number of nitrogens with one attached hydrogen (secondary N) is 1. The van der Waals surface area contributed by atoms with Crippen LogP contribution >= 0.6 is 0 Å². The van der Waals surface area contributed by atoms with Crippen LogP contribution in [0.2, 0.25) is 0 Å². The summed E-state index contributed by atoms with van der Waals surface area (Å²) in [7, 11) is 0. The van der Waals surface area contributed by atoms with Gasteiger partial charge in [-0.3, -0.25) is 0 Å². The van der Waals surface area contributed by atoms with Crippen LogP contribution in [0.25, 0.3) is 0 Å². The highest BCUT2D eigenvalue weighted by molar-refractivity contribution is 5.24. The first-order valence-corrected chi connectivity index (χ1v) is 6.30. The fourth-order valence-corrected chi connectivity index (χ4v) is 1.96. The maximum absolute atomic E-state index is 13.1. The van der Waals surface area contributed by atoms with Gasteiger partial charge in [-0.05, 0) is 48.7 Å². The largest absolute Gasteiger partial charge is 0.306 e. The van der Waals surface area contributed by atoms with E-state index in [2.05, 4.69) is 5.32 Å². The molecule has 1 nitrogen and oxygen atoms in total. The molecular formula is C16H17F2N. The molecule has 0 fully saturated rings. The SMILES string of the molecule is Cc1cc(CNC(C)c2ccc(F)cc2)ccc1F. The maximum atomic E-state index is 13.1. The Kier molecular flexibility index (Phi) is 4.27. The average molecular weight is 261 g/mol. The first-order valence-electron chi connectivity index (χ1n) is 6.30. The molecule has 2 aromatic rings.